The maximum atomic E-state index is 5.75. The van der Waals surface area contributed by atoms with Crippen LogP contribution in [0.4, 0.5) is 5.69 Å². The second kappa shape index (κ2) is 5.57. The fourth-order valence-corrected chi connectivity index (χ4v) is 3.15. The molecule has 0 unspecified atom stereocenters. The summed E-state index contributed by atoms with van der Waals surface area (Å²) in [5.74, 6) is 1.11. The summed E-state index contributed by atoms with van der Waals surface area (Å²) in [4.78, 5) is 2.46. The van der Waals surface area contributed by atoms with Gasteiger partial charge in [0.05, 0.1) is 12.8 Å². The normalized spacial score (nSPS) is 17.8. The molecular weight excluding hydrogens is 260 g/mol. The van der Waals surface area contributed by atoms with Crippen molar-refractivity contribution in [1.82, 2.24) is 5.32 Å². The van der Waals surface area contributed by atoms with Crippen molar-refractivity contribution in [2.45, 2.75) is 44.8 Å². The molecule has 0 radical (unpaired) electrons. The average molecular weight is 282 g/mol. The molecule has 1 saturated carbocycles. The summed E-state index contributed by atoms with van der Waals surface area (Å²) in [7, 11) is 0. The Balaban J connectivity index is 1.50. The quantitative estimate of drug-likeness (QED) is 0.910. The number of para-hydroxylation sites is 1. The maximum absolute atomic E-state index is 5.75. The Morgan fingerprint density at radius 3 is 3.00 bits per heavy atom. The Morgan fingerprint density at radius 1 is 1.19 bits per heavy atom. The molecule has 0 atom stereocenters. The van der Waals surface area contributed by atoms with E-state index in [1.54, 1.807) is 0 Å². The second-order valence-corrected chi connectivity index (χ2v) is 6.18. The Morgan fingerprint density at radius 2 is 2.10 bits per heavy atom. The SMILES string of the molecule is c1ccc2c(c1)CCCN2Cc1occc1CNC1CC1. The summed E-state index contributed by atoms with van der Waals surface area (Å²) >= 11 is 0. The van der Waals surface area contributed by atoms with Crippen LogP contribution in [0.15, 0.2) is 41.0 Å². The van der Waals surface area contributed by atoms with Crippen molar-refractivity contribution >= 4 is 5.69 Å². The van der Waals surface area contributed by atoms with E-state index in [0.717, 1.165) is 31.4 Å². The van der Waals surface area contributed by atoms with E-state index in [1.807, 2.05) is 6.26 Å². The lowest BCUT2D eigenvalue weighted by Gasteiger charge is -2.30. The Hall–Kier alpha value is -1.74. The molecule has 0 amide bonds. The molecule has 1 aromatic carbocycles. The predicted octanol–water partition coefficient (Wildman–Crippen LogP) is 3.48. The Labute approximate surface area is 126 Å². The van der Waals surface area contributed by atoms with Gasteiger partial charge in [-0.2, -0.15) is 0 Å². The van der Waals surface area contributed by atoms with Gasteiger partial charge in [-0.15, -0.1) is 0 Å². The van der Waals surface area contributed by atoms with E-state index in [1.165, 1.54) is 42.5 Å². The van der Waals surface area contributed by atoms with Crippen LogP contribution in [0, 0.1) is 0 Å². The van der Waals surface area contributed by atoms with Crippen LogP contribution in [0.25, 0.3) is 0 Å². The van der Waals surface area contributed by atoms with Gasteiger partial charge in [0.1, 0.15) is 5.76 Å². The monoisotopic (exact) mass is 282 g/mol. The van der Waals surface area contributed by atoms with Crippen molar-refractivity contribution in [3.63, 3.8) is 0 Å². The summed E-state index contributed by atoms with van der Waals surface area (Å²) in [5, 5.41) is 3.58. The van der Waals surface area contributed by atoms with Gasteiger partial charge >= 0.3 is 0 Å². The van der Waals surface area contributed by atoms with Gasteiger partial charge < -0.3 is 14.6 Å². The van der Waals surface area contributed by atoms with Gasteiger partial charge in [0.15, 0.2) is 0 Å². The van der Waals surface area contributed by atoms with Crippen LogP contribution in [0.2, 0.25) is 0 Å². The van der Waals surface area contributed by atoms with Crippen LogP contribution in [-0.4, -0.2) is 12.6 Å². The van der Waals surface area contributed by atoms with Crippen LogP contribution in [0.1, 0.15) is 36.1 Å². The van der Waals surface area contributed by atoms with Gasteiger partial charge in [-0.1, -0.05) is 18.2 Å². The lowest BCUT2D eigenvalue weighted by atomic mass is 10.0. The summed E-state index contributed by atoms with van der Waals surface area (Å²) in [6, 6.07) is 11.6. The summed E-state index contributed by atoms with van der Waals surface area (Å²) < 4.78 is 5.75. The summed E-state index contributed by atoms with van der Waals surface area (Å²) in [6.45, 7) is 2.94. The number of nitrogens with zero attached hydrogens (tertiary/aromatic N) is 1. The van der Waals surface area contributed by atoms with Crippen LogP contribution < -0.4 is 10.2 Å². The molecule has 2 heterocycles. The zero-order valence-corrected chi connectivity index (χ0v) is 12.3. The van der Waals surface area contributed by atoms with E-state index in [-0.39, 0.29) is 0 Å². The summed E-state index contributed by atoms with van der Waals surface area (Å²) in [6.07, 6.45) is 6.91. The fourth-order valence-electron chi connectivity index (χ4n) is 3.15. The van der Waals surface area contributed by atoms with Gasteiger partial charge in [0.2, 0.25) is 0 Å². The molecule has 110 valence electrons. The average Bonchev–Trinajstić information content (AvgIpc) is 3.25. The number of hydrogen-bond donors (Lipinski definition) is 1. The Kier molecular flexibility index (Phi) is 3.44. The van der Waals surface area contributed by atoms with Gasteiger partial charge in [-0.3, -0.25) is 0 Å². The topological polar surface area (TPSA) is 28.4 Å². The number of nitrogens with one attached hydrogen (secondary N) is 1. The van der Waals surface area contributed by atoms with E-state index in [2.05, 4.69) is 40.5 Å². The largest absolute Gasteiger partial charge is 0.467 e. The molecule has 3 nitrogen and oxygen atoms in total. The number of rotatable bonds is 5. The number of fused-ring (bicyclic) bond motifs is 1. The van der Waals surface area contributed by atoms with Crippen LogP contribution in [0.3, 0.4) is 0 Å². The number of benzene rings is 1. The third-order valence-electron chi connectivity index (χ3n) is 4.54. The highest BCUT2D eigenvalue weighted by Gasteiger charge is 2.22. The number of hydrogen-bond acceptors (Lipinski definition) is 3. The standard InChI is InChI=1S/C18H22N2O/c1-2-6-17-14(4-1)5-3-10-20(17)13-18-15(9-11-21-18)12-19-16-7-8-16/h1-2,4,6,9,11,16,19H,3,5,7-8,10,12-13H2. The molecular formula is C18H22N2O. The van der Waals surface area contributed by atoms with Gasteiger partial charge in [-0.25, -0.2) is 0 Å². The molecule has 1 aliphatic heterocycles. The number of furan rings is 1. The third kappa shape index (κ3) is 2.84. The van der Waals surface area contributed by atoms with E-state index < -0.39 is 0 Å². The third-order valence-corrected chi connectivity index (χ3v) is 4.54. The Bertz CT molecular complexity index is 615. The zero-order chi connectivity index (χ0) is 14.1. The molecule has 0 saturated heterocycles. The smallest absolute Gasteiger partial charge is 0.127 e. The molecule has 2 aliphatic rings. The van der Waals surface area contributed by atoms with Crippen molar-refractivity contribution in [3.8, 4) is 0 Å². The molecule has 3 heteroatoms. The predicted molar refractivity (Wildman–Crippen MR) is 84.4 cm³/mol. The molecule has 1 N–H and O–H groups in total. The van der Waals surface area contributed by atoms with Crippen molar-refractivity contribution in [3.05, 3.63) is 53.5 Å². The number of aryl methyl sites for hydroxylation is 1. The van der Waals surface area contributed by atoms with Gasteiger partial charge in [0.25, 0.3) is 0 Å². The first-order chi connectivity index (χ1) is 10.4. The highest BCUT2D eigenvalue weighted by atomic mass is 16.3. The van der Waals surface area contributed by atoms with E-state index >= 15 is 0 Å². The van der Waals surface area contributed by atoms with Crippen molar-refractivity contribution in [2.24, 2.45) is 0 Å². The van der Waals surface area contributed by atoms with Crippen LogP contribution in [-0.2, 0) is 19.5 Å². The first kappa shape index (κ1) is 13.0. The van der Waals surface area contributed by atoms with Gasteiger partial charge in [0, 0.05) is 30.4 Å². The second-order valence-electron chi connectivity index (χ2n) is 6.18. The highest BCUT2D eigenvalue weighted by molar-refractivity contribution is 5.55. The van der Waals surface area contributed by atoms with E-state index in [0.29, 0.717) is 0 Å². The van der Waals surface area contributed by atoms with Crippen molar-refractivity contribution < 1.29 is 4.42 Å². The molecule has 21 heavy (non-hydrogen) atoms. The first-order valence-corrected chi connectivity index (χ1v) is 8.01. The highest BCUT2D eigenvalue weighted by Crippen LogP contribution is 2.29. The van der Waals surface area contributed by atoms with Crippen molar-refractivity contribution in [1.29, 1.82) is 0 Å². The lowest BCUT2D eigenvalue weighted by Crippen LogP contribution is -2.29. The van der Waals surface area contributed by atoms with E-state index in [9.17, 15) is 0 Å². The summed E-state index contributed by atoms with van der Waals surface area (Å²) in [5.41, 5.74) is 4.15. The van der Waals surface area contributed by atoms with Crippen LogP contribution in [0.5, 0.6) is 0 Å². The molecule has 0 spiro atoms. The number of anilines is 1. The van der Waals surface area contributed by atoms with Crippen LogP contribution >= 0.6 is 0 Å². The molecule has 1 aromatic heterocycles. The van der Waals surface area contributed by atoms with Crippen molar-refractivity contribution in [2.75, 3.05) is 11.4 Å². The zero-order valence-electron chi connectivity index (χ0n) is 12.3. The first-order valence-electron chi connectivity index (χ1n) is 8.01. The fraction of sp³-hybridized carbons (Fsp3) is 0.444. The molecule has 4 rings (SSSR count). The molecule has 1 fully saturated rings. The molecule has 0 bridgehead atoms. The minimum atomic E-state index is 0.739. The molecule has 1 aliphatic carbocycles. The van der Waals surface area contributed by atoms with Gasteiger partial charge in [-0.05, 0) is 43.4 Å². The molecule has 2 aromatic rings. The minimum Gasteiger partial charge on any atom is -0.467 e. The minimum absolute atomic E-state index is 0.739. The maximum Gasteiger partial charge on any atom is 0.127 e. The van der Waals surface area contributed by atoms with E-state index in [4.69, 9.17) is 4.42 Å². The lowest BCUT2D eigenvalue weighted by molar-refractivity contribution is 0.490.